The van der Waals surface area contributed by atoms with Crippen LogP contribution in [-0.2, 0) is 4.79 Å². The number of hydrogen-bond acceptors (Lipinski definition) is 6. The second-order valence-corrected chi connectivity index (χ2v) is 10.1. The average molecular weight is 514 g/mol. The zero-order valence-electron chi connectivity index (χ0n) is 20.7. The molecule has 0 aliphatic carbocycles. The molecular weight excluding hydrogens is 482 g/mol. The fraction of sp³-hybridized carbons (Fsp3) is 0.462. The van der Waals surface area contributed by atoms with E-state index in [0.717, 1.165) is 31.6 Å². The van der Waals surface area contributed by atoms with Gasteiger partial charge >= 0.3 is 0 Å². The SMILES string of the molecule is CC(C)CC(=O)N1CCN(c2ccc(NC(=O)c3ccc(N4CCCC4)c([N+](=O)[O-])c3)cc2Cl)CC1. The average Bonchev–Trinajstić information content (AvgIpc) is 3.38. The molecule has 0 spiro atoms. The second kappa shape index (κ2) is 11.2. The Labute approximate surface area is 216 Å². The maximum Gasteiger partial charge on any atom is 0.293 e. The van der Waals surface area contributed by atoms with E-state index < -0.39 is 10.8 Å². The second-order valence-electron chi connectivity index (χ2n) is 9.74. The van der Waals surface area contributed by atoms with Crippen LogP contribution in [0.3, 0.4) is 0 Å². The van der Waals surface area contributed by atoms with Crippen LogP contribution in [0.15, 0.2) is 36.4 Å². The van der Waals surface area contributed by atoms with Crippen LogP contribution in [0.1, 0.15) is 43.5 Å². The van der Waals surface area contributed by atoms with E-state index in [2.05, 4.69) is 10.2 Å². The molecule has 0 unspecified atom stereocenters. The van der Waals surface area contributed by atoms with E-state index in [-0.39, 0.29) is 17.2 Å². The number of nitrogens with zero attached hydrogens (tertiary/aromatic N) is 4. The lowest BCUT2D eigenvalue weighted by molar-refractivity contribution is -0.384. The van der Waals surface area contributed by atoms with Crippen LogP contribution in [0, 0.1) is 16.0 Å². The lowest BCUT2D eigenvalue weighted by atomic mass is 10.1. The molecule has 36 heavy (non-hydrogen) atoms. The highest BCUT2D eigenvalue weighted by atomic mass is 35.5. The molecule has 10 heteroatoms. The van der Waals surface area contributed by atoms with Gasteiger partial charge in [-0.3, -0.25) is 19.7 Å². The highest BCUT2D eigenvalue weighted by Crippen LogP contribution is 2.33. The van der Waals surface area contributed by atoms with Crippen molar-refractivity contribution in [1.29, 1.82) is 0 Å². The summed E-state index contributed by atoms with van der Waals surface area (Å²) in [7, 11) is 0. The Hall–Kier alpha value is -3.33. The molecule has 2 saturated heterocycles. The highest BCUT2D eigenvalue weighted by molar-refractivity contribution is 6.33. The summed E-state index contributed by atoms with van der Waals surface area (Å²) >= 11 is 6.55. The summed E-state index contributed by atoms with van der Waals surface area (Å²) < 4.78 is 0. The van der Waals surface area contributed by atoms with Crippen molar-refractivity contribution < 1.29 is 14.5 Å². The molecule has 9 nitrogen and oxygen atoms in total. The van der Waals surface area contributed by atoms with Gasteiger partial charge in [0.15, 0.2) is 0 Å². The van der Waals surface area contributed by atoms with E-state index in [1.807, 2.05) is 29.7 Å². The first-order valence-corrected chi connectivity index (χ1v) is 12.8. The van der Waals surface area contributed by atoms with Gasteiger partial charge in [0.25, 0.3) is 11.6 Å². The lowest BCUT2D eigenvalue weighted by Gasteiger charge is -2.36. The van der Waals surface area contributed by atoms with Crippen LogP contribution in [0.4, 0.5) is 22.7 Å². The minimum atomic E-state index is -0.438. The number of halogens is 1. The van der Waals surface area contributed by atoms with E-state index in [4.69, 9.17) is 11.6 Å². The number of nitro groups is 1. The summed E-state index contributed by atoms with van der Waals surface area (Å²) in [4.78, 5) is 42.4. The molecule has 4 rings (SSSR count). The molecule has 2 aliphatic rings. The highest BCUT2D eigenvalue weighted by Gasteiger charge is 2.25. The third kappa shape index (κ3) is 5.90. The molecule has 2 aromatic rings. The maximum atomic E-state index is 12.9. The number of hydrogen-bond donors (Lipinski definition) is 1. The normalized spacial score (nSPS) is 15.9. The fourth-order valence-electron chi connectivity index (χ4n) is 4.76. The predicted octanol–water partition coefficient (Wildman–Crippen LogP) is 4.80. The summed E-state index contributed by atoms with van der Waals surface area (Å²) in [6.07, 6.45) is 2.56. The van der Waals surface area contributed by atoms with Gasteiger partial charge in [0.2, 0.25) is 5.91 Å². The molecule has 2 amide bonds. The molecule has 2 fully saturated rings. The van der Waals surface area contributed by atoms with Crippen molar-refractivity contribution in [1.82, 2.24) is 4.90 Å². The summed E-state index contributed by atoms with van der Waals surface area (Å²) in [6, 6.07) is 9.90. The molecule has 192 valence electrons. The van der Waals surface area contributed by atoms with E-state index >= 15 is 0 Å². The fourth-order valence-corrected chi connectivity index (χ4v) is 5.06. The van der Waals surface area contributed by atoms with Crippen LogP contribution in [-0.4, -0.2) is 60.9 Å². The van der Waals surface area contributed by atoms with Crippen molar-refractivity contribution in [3.05, 3.63) is 57.1 Å². The zero-order chi connectivity index (χ0) is 25.8. The van der Waals surface area contributed by atoms with Gasteiger partial charge in [-0.05, 0) is 49.1 Å². The first-order chi connectivity index (χ1) is 17.2. The Kier molecular flexibility index (Phi) is 7.98. The van der Waals surface area contributed by atoms with E-state index in [0.29, 0.717) is 54.9 Å². The lowest BCUT2D eigenvalue weighted by Crippen LogP contribution is -2.49. The molecule has 0 aromatic heterocycles. The van der Waals surface area contributed by atoms with Crippen LogP contribution in [0.5, 0.6) is 0 Å². The molecular formula is C26H32ClN5O4. The summed E-state index contributed by atoms with van der Waals surface area (Å²) in [6.45, 7) is 8.29. The van der Waals surface area contributed by atoms with Crippen LogP contribution in [0.2, 0.25) is 5.02 Å². The Balaban J connectivity index is 1.41. The first-order valence-electron chi connectivity index (χ1n) is 12.4. The number of piperazine rings is 1. The number of rotatable bonds is 7. The summed E-state index contributed by atoms with van der Waals surface area (Å²) in [5.41, 5.74) is 2.05. The van der Waals surface area contributed by atoms with Gasteiger partial charge in [-0.15, -0.1) is 0 Å². The van der Waals surface area contributed by atoms with E-state index in [1.165, 1.54) is 6.07 Å². The quantitative estimate of drug-likeness (QED) is 0.422. The largest absolute Gasteiger partial charge is 0.367 e. The van der Waals surface area contributed by atoms with Crippen molar-refractivity contribution in [2.45, 2.75) is 33.1 Å². The molecule has 2 aliphatic heterocycles. The molecule has 1 N–H and O–H groups in total. The number of amides is 2. The number of anilines is 3. The molecule has 0 saturated carbocycles. The predicted molar refractivity (Wildman–Crippen MR) is 142 cm³/mol. The van der Waals surface area contributed by atoms with Crippen molar-refractivity contribution >= 4 is 46.2 Å². The van der Waals surface area contributed by atoms with Gasteiger partial charge in [0.05, 0.1) is 15.6 Å². The van der Waals surface area contributed by atoms with Gasteiger partial charge < -0.3 is 20.0 Å². The van der Waals surface area contributed by atoms with Crippen LogP contribution in [0.25, 0.3) is 0 Å². The van der Waals surface area contributed by atoms with Crippen LogP contribution < -0.4 is 15.1 Å². The Bertz CT molecular complexity index is 1140. The molecule has 2 aromatic carbocycles. The van der Waals surface area contributed by atoms with Crippen molar-refractivity contribution in [3.8, 4) is 0 Å². The third-order valence-corrected chi connectivity index (χ3v) is 6.95. The van der Waals surface area contributed by atoms with Gasteiger partial charge in [-0.1, -0.05) is 25.4 Å². The summed E-state index contributed by atoms with van der Waals surface area (Å²) in [5, 5.41) is 14.9. The number of nitro benzene ring substituents is 1. The molecule has 0 radical (unpaired) electrons. The van der Waals surface area contributed by atoms with E-state index in [9.17, 15) is 19.7 Å². The monoisotopic (exact) mass is 513 g/mol. The molecule has 0 bridgehead atoms. The minimum absolute atomic E-state index is 0.0658. The van der Waals surface area contributed by atoms with Gasteiger partial charge in [0, 0.05) is 63.0 Å². The topological polar surface area (TPSA) is 99.0 Å². The van der Waals surface area contributed by atoms with Gasteiger partial charge in [-0.25, -0.2) is 0 Å². The number of nitrogens with one attached hydrogen (secondary N) is 1. The maximum absolute atomic E-state index is 12.9. The Morgan fingerprint density at radius 2 is 1.61 bits per heavy atom. The standard InChI is InChI=1S/C26H32ClN5O4/c1-18(2)15-25(33)31-13-11-30(12-14-31)22-8-6-20(17-21(22)27)28-26(34)19-5-7-23(24(16-19)32(35)36)29-9-3-4-10-29/h5-8,16-18H,3-4,9-15H2,1-2H3,(H,28,34). The Morgan fingerprint density at radius 1 is 0.972 bits per heavy atom. The minimum Gasteiger partial charge on any atom is -0.367 e. The van der Waals surface area contributed by atoms with E-state index in [1.54, 1.807) is 24.3 Å². The Morgan fingerprint density at radius 3 is 2.22 bits per heavy atom. The third-order valence-electron chi connectivity index (χ3n) is 6.64. The molecule has 0 atom stereocenters. The van der Waals surface area contributed by atoms with Gasteiger partial charge in [-0.2, -0.15) is 0 Å². The zero-order valence-corrected chi connectivity index (χ0v) is 21.5. The van der Waals surface area contributed by atoms with Gasteiger partial charge in [0.1, 0.15) is 5.69 Å². The first kappa shape index (κ1) is 25.8. The number of benzene rings is 2. The van der Waals surface area contributed by atoms with Crippen LogP contribution >= 0.6 is 11.6 Å². The number of carbonyl (C=O) groups excluding carboxylic acids is 2. The summed E-state index contributed by atoms with van der Waals surface area (Å²) in [5.74, 6) is 0.0801. The van der Waals surface area contributed by atoms with Crippen molar-refractivity contribution in [2.75, 3.05) is 54.4 Å². The smallest absolute Gasteiger partial charge is 0.293 e. The van der Waals surface area contributed by atoms with Crippen molar-refractivity contribution in [2.24, 2.45) is 5.92 Å². The number of carbonyl (C=O) groups is 2. The molecule has 2 heterocycles. The van der Waals surface area contributed by atoms with Crippen molar-refractivity contribution in [3.63, 3.8) is 0 Å².